The zero-order valence-corrected chi connectivity index (χ0v) is 4.88. The smallest absolute Gasteiger partial charge is 0.154 e. The Morgan fingerprint density at radius 3 is 1.67 bits per heavy atom. The van der Waals surface area contributed by atoms with E-state index in [0.717, 1.165) is 0 Å². The van der Waals surface area contributed by atoms with Gasteiger partial charge in [0.15, 0.2) is 8.96 Å². The molecule has 0 saturated heterocycles. The van der Waals surface area contributed by atoms with Crippen LogP contribution in [0.5, 0.6) is 0 Å². The van der Waals surface area contributed by atoms with E-state index < -0.39 is 8.96 Å². The number of hydrogen-bond acceptors (Lipinski definition) is 1. The molecule has 0 atom stereocenters. The molecule has 2 heteroatoms. The summed E-state index contributed by atoms with van der Waals surface area (Å²) in [6, 6.07) is 0. The van der Waals surface area contributed by atoms with Gasteiger partial charge in [-0.15, -0.1) is 13.2 Å². The average molecular weight is 99.2 g/mol. The third-order valence-electron chi connectivity index (χ3n) is 0.544. The summed E-state index contributed by atoms with van der Waals surface area (Å²) in [6.45, 7) is 6.99. The van der Waals surface area contributed by atoms with Gasteiger partial charge in [-0.2, -0.15) is 0 Å². The molecule has 0 aliphatic carbocycles. The molecule has 0 spiro atoms. The van der Waals surface area contributed by atoms with Crippen LogP contribution >= 0.6 is 0 Å². The molecule has 0 aliphatic heterocycles. The molecule has 0 saturated carbocycles. The van der Waals surface area contributed by atoms with Crippen molar-refractivity contribution in [3.05, 3.63) is 24.6 Å². The Bertz CT molecular complexity index is 52.6. The van der Waals surface area contributed by atoms with Crippen LogP contribution in [-0.4, -0.2) is 8.96 Å². The van der Waals surface area contributed by atoms with Crippen molar-refractivity contribution in [2.45, 2.75) is 0 Å². The molecular formula is C4H9NSi. The standard InChI is InChI=1S/C4H9NSi/c1-3-6(5)4-2/h3-4,6H,1-2,5H2. The minimum Gasteiger partial charge on any atom is -0.347 e. The molecule has 0 aromatic carbocycles. The third-order valence-corrected chi connectivity index (χ3v) is 1.63. The molecule has 0 amide bonds. The lowest BCUT2D eigenvalue weighted by Gasteiger charge is -1.86. The van der Waals surface area contributed by atoms with Crippen LogP contribution in [-0.2, 0) is 0 Å². The molecule has 6 heavy (non-hydrogen) atoms. The maximum absolute atomic E-state index is 5.38. The van der Waals surface area contributed by atoms with Crippen molar-refractivity contribution in [3.63, 3.8) is 0 Å². The number of rotatable bonds is 2. The number of nitrogens with two attached hydrogens (primary N) is 1. The molecule has 0 aromatic heterocycles. The van der Waals surface area contributed by atoms with Crippen LogP contribution in [0.2, 0.25) is 0 Å². The van der Waals surface area contributed by atoms with Gasteiger partial charge in [0.2, 0.25) is 0 Å². The van der Waals surface area contributed by atoms with Gasteiger partial charge in [0.05, 0.1) is 0 Å². The normalized spacial score (nSPS) is 8.33. The molecular weight excluding hydrogens is 90.1 g/mol. The van der Waals surface area contributed by atoms with Gasteiger partial charge in [-0.25, -0.2) is 0 Å². The van der Waals surface area contributed by atoms with Crippen LogP contribution in [0.4, 0.5) is 0 Å². The molecule has 0 bridgehead atoms. The zero-order chi connectivity index (χ0) is 4.99. The van der Waals surface area contributed by atoms with E-state index in [1.54, 1.807) is 11.4 Å². The Balaban J connectivity index is 3.21. The SMILES string of the molecule is C=C[SiH](N)C=C. The molecule has 0 fully saturated rings. The lowest BCUT2D eigenvalue weighted by molar-refractivity contribution is 1.85. The maximum atomic E-state index is 5.38. The molecule has 0 unspecified atom stereocenters. The first-order valence-corrected chi connectivity index (χ1v) is 3.82. The van der Waals surface area contributed by atoms with Gasteiger partial charge in [-0.05, 0) is 0 Å². The highest BCUT2D eigenvalue weighted by molar-refractivity contribution is 6.65. The van der Waals surface area contributed by atoms with Crippen LogP contribution in [0.15, 0.2) is 24.6 Å². The van der Waals surface area contributed by atoms with Gasteiger partial charge in [0, 0.05) is 0 Å². The van der Waals surface area contributed by atoms with E-state index in [1.165, 1.54) is 0 Å². The molecule has 2 N–H and O–H groups in total. The van der Waals surface area contributed by atoms with Crippen LogP contribution < -0.4 is 5.40 Å². The van der Waals surface area contributed by atoms with E-state index in [4.69, 9.17) is 5.40 Å². The summed E-state index contributed by atoms with van der Waals surface area (Å²) in [5, 5.41) is 5.38. The molecule has 0 radical (unpaired) electrons. The highest BCUT2D eigenvalue weighted by atomic mass is 28.3. The van der Waals surface area contributed by atoms with Crippen molar-refractivity contribution >= 4 is 8.96 Å². The third kappa shape index (κ3) is 1.93. The summed E-state index contributed by atoms with van der Waals surface area (Å²) in [6.07, 6.45) is 0. The topological polar surface area (TPSA) is 26.0 Å². The van der Waals surface area contributed by atoms with Crippen molar-refractivity contribution in [1.29, 1.82) is 0 Å². The minimum absolute atomic E-state index is 1.13. The van der Waals surface area contributed by atoms with E-state index in [0.29, 0.717) is 0 Å². The van der Waals surface area contributed by atoms with Gasteiger partial charge in [-0.1, -0.05) is 11.4 Å². The summed E-state index contributed by atoms with van der Waals surface area (Å²) in [5.41, 5.74) is 3.54. The van der Waals surface area contributed by atoms with Gasteiger partial charge < -0.3 is 5.40 Å². The highest BCUT2D eigenvalue weighted by Gasteiger charge is 1.83. The quantitative estimate of drug-likeness (QED) is 0.489. The Kier molecular flexibility index (Phi) is 2.71. The van der Waals surface area contributed by atoms with Crippen LogP contribution in [0.25, 0.3) is 0 Å². The summed E-state index contributed by atoms with van der Waals surface area (Å²) in [7, 11) is -1.13. The van der Waals surface area contributed by atoms with E-state index in [2.05, 4.69) is 13.2 Å². The second kappa shape index (κ2) is 2.87. The van der Waals surface area contributed by atoms with Crippen LogP contribution in [0.1, 0.15) is 0 Å². The largest absolute Gasteiger partial charge is 0.347 e. The first-order chi connectivity index (χ1) is 2.81. The van der Waals surface area contributed by atoms with Crippen LogP contribution in [0.3, 0.4) is 0 Å². The molecule has 1 nitrogen and oxygen atoms in total. The van der Waals surface area contributed by atoms with Gasteiger partial charge in [0.25, 0.3) is 0 Å². The van der Waals surface area contributed by atoms with E-state index in [-0.39, 0.29) is 0 Å². The van der Waals surface area contributed by atoms with E-state index in [9.17, 15) is 0 Å². The average Bonchev–Trinajstić information content (AvgIpc) is 1.65. The molecule has 34 valence electrons. The first kappa shape index (κ1) is 5.66. The second-order valence-electron chi connectivity index (χ2n) is 1.05. The lowest BCUT2D eigenvalue weighted by atomic mass is 11.2. The summed E-state index contributed by atoms with van der Waals surface area (Å²) in [4.78, 5) is 0. The second-order valence-corrected chi connectivity index (χ2v) is 3.15. The number of hydrogen-bond donors (Lipinski definition) is 1. The minimum atomic E-state index is -1.13. The van der Waals surface area contributed by atoms with Crippen molar-refractivity contribution in [2.75, 3.05) is 0 Å². The van der Waals surface area contributed by atoms with E-state index >= 15 is 0 Å². The van der Waals surface area contributed by atoms with Crippen molar-refractivity contribution in [1.82, 2.24) is 0 Å². The predicted molar refractivity (Wildman–Crippen MR) is 31.7 cm³/mol. The fourth-order valence-electron chi connectivity index (χ4n) is 0.0962. The lowest BCUT2D eigenvalue weighted by Crippen LogP contribution is -2.18. The van der Waals surface area contributed by atoms with Gasteiger partial charge >= 0.3 is 0 Å². The predicted octanol–water partition coefficient (Wildman–Crippen LogP) is 0.119. The molecule has 0 aliphatic rings. The monoisotopic (exact) mass is 99.1 g/mol. The summed E-state index contributed by atoms with van der Waals surface area (Å²) >= 11 is 0. The zero-order valence-electron chi connectivity index (χ0n) is 3.72. The Hall–Kier alpha value is -0.343. The van der Waals surface area contributed by atoms with Crippen LogP contribution in [0, 0.1) is 0 Å². The molecule has 0 heterocycles. The van der Waals surface area contributed by atoms with Crippen molar-refractivity contribution < 1.29 is 0 Å². The van der Waals surface area contributed by atoms with Gasteiger partial charge in [0.1, 0.15) is 0 Å². The Labute approximate surface area is 39.9 Å². The maximum Gasteiger partial charge on any atom is 0.154 e. The summed E-state index contributed by atoms with van der Waals surface area (Å²) < 4.78 is 0. The first-order valence-electron chi connectivity index (χ1n) is 1.82. The molecule has 0 rings (SSSR count). The Morgan fingerprint density at radius 1 is 1.33 bits per heavy atom. The van der Waals surface area contributed by atoms with E-state index in [1.807, 2.05) is 0 Å². The fraction of sp³-hybridized carbons (Fsp3) is 0. The summed E-state index contributed by atoms with van der Waals surface area (Å²) in [5.74, 6) is 0. The van der Waals surface area contributed by atoms with Gasteiger partial charge in [-0.3, -0.25) is 0 Å². The van der Waals surface area contributed by atoms with Crippen molar-refractivity contribution in [2.24, 2.45) is 5.40 Å². The fourth-order valence-corrected chi connectivity index (χ4v) is 0.289. The Morgan fingerprint density at radius 2 is 1.67 bits per heavy atom. The van der Waals surface area contributed by atoms with Crippen molar-refractivity contribution in [3.8, 4) is 0 Å². The highest BCUT2D eigenvalue weighted by Crippen LogP contribution is 1.68. The molecule has 0 aromatic rings.